The zero-order chi connectivity index (χ0) is 13.3. The first-order chi connectivity index (χ1) is 8.27. The summed E-state index contributed by atoms with van der Waals surface area (Å²) in [6.07, 6.45) is 5.03. The Kier molecular flexibility index (Phi) is 2.16. The standard InChI is InChI=1S/C15H21NO2/c1-9-7-11(17)16(12(9)18)13-14(2,3)10-5-6-15(13,4)8-10/h7,10,13H,5-6,8H2,1-4H3. The normalized spacial score (nSPS) is 41.8. The number of fused-ring (bicyclic) bond motifs is 2. The highest BCUT2D eigenvalue weighted by atomic mass is 16.2. The van der Waals surface area contributed by atoms with E-state index in [1.54, 1.807) is 11.8 Å². The van der Waals surface area contributed by atoms with Gasteiger partial charge in [0.25, 0.3) is 11.8 Å². The Morgan fingerprint density at radius 2 is 1.94 bits per heavy atom. The molecule has 3 atom stereocenters. The summed E-state index contributed by atoms with van der Waals surface area (Å²) in [6, 6.07) is 0.0671. The number of rotatable bonds is 1. The van der Waals surface area contributed by atoms with Crippen molar-refractivity contribution in [3.63, 3.8) is 0 Å². The summed E-state index contributed by atoms with van der Waals surface area (Å²) in [5.74, 6) is 0.463. The minimum absolute atomic E-state index is 0.0524. The minimum Gasteiger partial charge on any atom is -0.271 e. The fourth-order valence-corrected chi connectivity index (χ4v) is 4.77. The molecule has 0 aromatic carbocycles. The monoisotopic (exact) mass is 247 g/mol. The van der Waals surface area contributed by atoms with Crippen LogP contribution in [0.4, 0.5) is 0 Å². The van der Waals surface area contributed by atoms with Gasteiger partial charge < -0.3 is 0 Å². The molecular formula is C15H21NO2. The van der Waals surface area contributed by atoms with Crippen LogP contribution in [0.1, 0.15) is 47.0 Å². The molecule has 3 aliphatic rings. The topological polar surface area (TPSA) is 37.4 Å². The predicted molar refractivity (Wildman–Crippen MR) is 68.6 cm³/mol. The van der Waals surface area contributed by atoms with Crippen molar-refractivity contribution in [2.75, 3.05) is 0 Å². The summed E-state index contributed by atoms with van der Waals surface area (Å²) in [6.45, 7) is 8.44. The molecular weight excluding hydrogens is 226 g/mol. The number of imide groups is 1. The predicted octanol–water partition coefficient (Wildman–Crippen LogP) is 2.52. The molecule has 1 aliphatic heterocycles. The van der Waals surface area contributed by atoms with Gasteiger partial charge in [-0.05, 0) is 42.9 Å². The molecule has 2 saturated carbocycles. The second-order valence-corrected chi connectivity index (χ2v) is 7.16. The number of carbonyl (C=O) groups excluding carboxylic acids is 2. The smallest absolute Gasteiger partial charge is 0.256 e. The molecule has 18 heavy (non-hydrogen) atoms. The Morgan fingerprint density at radius 1 is 1.28 bits per heavy atom. The Labute approximate surface area is 108 Å². The molecule has 0 radical (unpaired) electrons. The molecule has 0 spiro atoms. The van der Waals surface area contributed by atoms with Crippen LogP contribution in [-0.4, -0.2) is 22.8 Å². The summed E-state index contributed by atoms with van der Waals surface area (Å²) in [4.78, 5) is 25.9. The molecule has 2 amide bonds. The first kappa shape index (κ1) is 11.9. The summed E-state index contributed by atoms with van der Waals surface area (Å²) in [5.41, 5.74) is 0.761. The first-order valence-electron chi connectivity index (χ1n) is 6.83. The Morgan fingerprint density at radius 3 is 2.39 bits per heavy atom. The third-order valence-electron chi connectivity index (χ3n) is 5.59. The lowest BCUT2D eigenvalue weighted by molar-refractivity contribution is -0.147. The van der Waals surface area contributed by atoms with Crippen molar-refractivity contribution < 1.29 is 9.59 Å². The minimum atomic E-state index is -0.107. The molecule has 2 fully saturated rings. The fourth-order valence-electron chi connectivity index (χ4n) is 4.77. The summed E-state index contributed by atoms with van der Waals surface area (Å²) in [5, 5.41) is 0. The Hall–Kier alpha value is -1.12. The van der Waals surface area contributed by atoms with Gasteiger partial charge in [0.15, 0.2) is 0 Å². The molecule has 0 aromatic heterocycles. The molecule has 2 bridgehead atoms. The van der Waals surface area contributed by atoms with Gasteiger partial charge in [-0.25, -0.2) is 0 Å². The van der Waals surface area contributed by atoms with Crippen molar-refractivity contribution in [3.05, 3.63) is 11.6 Å². The number of hydrogen-bond acceptors (Lipinski definition) is 2. The van der Waals surface area contributed by atoms with Crippen LogP contribution >= 0.6 is 0 Å². The van der Waals surface area contributed by atoms with Crippen molar-refractivity contribution >= 4 is 11.8 Å². The zero-order valence-corrected chi connectivity index (χ0v) is 11.6. The van der Waals surface area contributed by atoms with Gasteiger partial charge in [-0.3, -0.25) is 14.5 Å². The average molecular weight is 247 g/mol. The lowest BCUT2D eigenvalue weighted by atomic mass is 9.67. The van der Waals surface area contributed by atoms with Gasteiger partial charge in [0.1, 0.15) is 0 Å². The third kappa shape index (κ3) is 1.25. The maximum absolute atomic E-state index is 12.2. The van der Waals surface area contributed by atoms with E-state index in [0.29, 0.717) is 11.5 Å². The molecule has 0 N–H and O–H groups in total. The average Bonchev–Trinajstić information content (AvgIpc) is 2.81. The number of carbonyl (C=O) groups is 2. The quantitative estimate of drug-likeness (QED) is 0.668. The number of amides is 2. The van der Waals surface area contributed by atoms with Gasteiger partial charge >= 0.3 is 0 Å². The maximum Gasteiger partial charge on any atom is 0.256 e. The summed E-state index contributed by atoms with van der Waals surface area (Å²) < 4.78 is 0. The van der Waals surface area contributed by atoms with E-state index in [4.69, 9.17) is 0 Å². The lowest BCUT2D eigenvalue weighted by Gasteiger charge is -2.46. The van der Waals surface area contributed by atoms with Crippen molar-refractivity contribution in [2.45, 2.75) is 53.0 Å². The maximum atomic E-state index is 12.2. The van der Waals surface area contributed by atoms with Crippen LogP contribution in [-0.2, 0) is 9.59 Å². The molecule has 0 saturated heterocycles. The van der Waals surface area contributed by atoms with E-state index in [1.165, 1.54) is 12.5 Å². The van der Waals surface area contributed by atoms with Gasteiger partial charge in [-0.15, -0.1) is 0 Å². The van der Waals surface area contributed by atoms with Crippen LogP contribution in [0.25, 0.3) is 0 Å². The molecule has 0 aromatic rings. The molecule has 3 heteroatoms. The van der Waals surface area contributed by atoms with Crippen molar-refractivity contribution in [1.82, 2.24) is 4.90 Å². The zero-order valence-electron chi connectivity index (χ0n) is 11.6. The van der Waals surface area contributed by atoms with E-state index in [1.807, 2.05) is 0 Å². The van der Waals surface area contributed by atoms with Crippen LogP contribution < -0.4 is 0 Å². The molecule has 3 rings (SSSR count). The van der Waals surface area contributed by atoms with Gasteiger partial charge in [0.05, 0.1) is 6.04 Å². The molecule has 3 unspecified atom stereocenters. The molecule has 98 valence electrons. The Balaban J connectivity index is 2.03. The van der Waals surface area contributed by atoms with E-state index in [0.717, 1.165) is 12.8 Å². The second kappa shape index (κ2) is 3.25. The van der Waals surface area contributed by atoms with E-state index in [9.17, 15) is 9.59 Å². The highest BCUT2D eigenvalue weighted by Gasteiger charge is 2.63. The second-order valence-electron chi connectivity index (χ2n) is 7.16. The van der Waals surface area contributed by atoms with Crippen LogP contribution in [0, 0.1) is 16.7 Å². The molecule has 1 heterocycles. The molecule has 2 aliphatic carbocycles. The third-order valence-corrected chi connectivity index (χ3v) is 5.59. The lowest BCUT2D eigenvalue weighted by Crippen LogP contribution is -2.55. The van der Waals surface area contributed by atoms with Crippen molar-refractivity contribution in [3.8, 4) is 0 Å². The van der Waals surface area contributed by atoms with Crippen molar-refractivity contribution in [1.29, 1.82) is 0 Å². The van der Waals surface area contributed by atoms with Crippen LogP contribution in [0.2, 0.25) is 0 Å². The van der Waals surface area contributed by atoms with Gasteiger partial charge in [0.2, 0.25) is 0 Å². The number of hydrogen-bond donors (Lipinski definition) is 0. The van der Waals surface area contributed by atoms with Gasteiger partial charge in [0, 0.05) is 11.6 Å². The Bertz CT molecular complexity index is 472. The van der Waals surface area contributed by atoms with Crippen LogP contribution in [0.3, 0.4) is 0 Å². The van der Waals surface area contributed by atoms with Crippen LogP contribution in [0.15, 0.2) is 11.6 Å². The SMILES string of the molecule is CC1=CC(=O)N(C2C3(C)CCC(C3)C2(C)C)C1=O. The summed E-state index contributed by atoms with van der Waals surface area (Å²) >= 11 is 0. The van der Waals surface area contributed by atoms with Gasteiger partial charge in [-0.2, -0.15) is 0 Å². The van der Waals surface area contributed by atoms with E-state index in [-0.39, 0.29) is 28.7 Å². The van der Waals surface area contributed by atoms with Gasteiger partial charge in [-0.1, -0.05) is 20.8 Å². The first-order valence-corrected chi connectivity index (χ1v) is 6.83. The highest BCUT2D eigenvalue weighted by molar-refractivity contribution is 6.16. The fraction of sp³-hybridized carbons (Fsp3) is 0.733. The summed E-state index contributed by atoms with van der Waals surface area (Å²) in [7, 11) is 0. The largest absolute Gasteiger partial charge is 0.271 e. The number of nitrogens with zero attached hydrogens (tertiary/aromatic N) is 1. The van der Waals surface area contributed by atoms with E-state index in [2.05, 4.69) is 20.8 Å². The highest BCUT2D eigenvalue weighted by Crippen LogP contribution is 2.64. The van der Waals surface area contributed by atoms with E-state index >= 15 is 0 Å². The molecule has 3 nitrogen and oxygen atoms in total. The van der Waals surface area contributed by atoms with Crippen LogP contribution in [0.5, 0.6) is 0 Å². The van der Waals surface area contributed by atoms with E-state index < -0.39 is 0 Å². The van der Waals surface area contributed by atoms with Crippen molar-refractivity contribution in [2.24, 2.45) is 16.7 Å².